The summed E-state index contributed by atoms with van der Waals surface area (Å²) >= 11 is 5.17. The molecule has 27 heavy (non-hydrogen) atoms. The molecule has 0 unspecified atom stereocenters. The number of carbonyl (C=O) groups excluding carboxylic acids is 1. The van der Waals surface area contributed by atoms with Crippen LogP contribution in [-0.4, -0.2) is 44.5 Å². The lowest BCUT2D eigenvalue weighted by atomic mass is 10.1. The third kappa shape index (κ3) is 4.08. The lowest BCUT2D eigenvalue weighted by Crippen LogP contribution is -2.32. The molecule has 0 fully saturated rings. The highest BCUT2D eigenvalue weighted by molar-refractivity contribution is 9.10. The number of thioether (sulfide) groups is 1. The summed E-state index contributed by atoms with van der Waals surface area (Å²) in [5.74, 6) is -0.208. The molecule has 0 radical (unpaired) electrons. The first-order valence-corrected chi connectivity index (χ1v) is 11.6. The fourth-order valence-electron chi connectivity index (χ4n) is 2.88. The Morgan fingerprint density at radius 3 is 2.63 bits per heavy atom. The molecule has 1 aliphatic heterocycles. The third-order valence-electron chi connectivity index (χ3n) is 4.44. The molecule has 0 aromatic heterocycles. The van der Waals surface area contributed by atoms with E-state index in [4.69, 9.17) is 0 Å². The summed E-state index contributed by atoms with van der Waals surface area (Å²) in [6.45, 7) is 2.73. The van der Waals surface area contributed by atoms with E-state index in [1.807, 2.05) is 24.3 Å². The van der Waals surface area contributed by atoms with Gasteiger partial charge in [0.05, 0.1) is 16.1 Å². The van der Waals surface area contributed by atoms with Crippen LogP contribution in [-0.2, 0) is 10.0 Å². The molecule has 0 bridgehead atoms. The van der Waals surface area contributed by atoms with E-state index in [-0.39, 0.29) is 10.8 Å². The fourth-order valence-corrected chi connectivity index (χ4v) is 5.34. The molecule has 8 heteroatoms. The summed E-state index contributed by atoms with van der Waals surface area (Å²) in [4.78, 5) is 16.3. The molecule has 1 amide bonds. The van der Waals surface area contributed by atoms with Crippen LogP contribution >= 0.6 is 27.7 Å². The van der Waals surface area contributed by atoms with Crippen molar-refractivity contribution in [2.75, 3.05) is 25.5 Å². The Hall–Kier alpha value is -1.35. The number of anilines is 1. The number of amides is 1. The van der Waals surface area contributed by atoms with E-state index in [0.717, 1.165) is 21.3 Å². The zero-order valence-corrected chi connectivity index (χ0v) is 18.6. The maximum absolute atomic E-state index is 13.4. The standard InChI is InChI=1S/C19H21BrN2O3S2/c1-13-10-11-22(17-6-4-5-7-18(17)26-13)19(23)15-12-14(8-9-16(15)20)27(24,25)21(2)3/h4-9,12-13H,10-11H2,1-3H3/t13-/m1/s1. The Balaban J connectivity index is 2.06. The van der Waals surface area contributed by atoms with Gasteiger partial charge < -0.3 is 4.90 Å². The van der Waals surface area contributed by atoms with Gasteiger partial charge in [-0.15, -0.1) is 11.8 Å². The van der Waals surface area contributed by atoms with Crippen molar-refractivity contribution in [2.45, 2.75) is 28.4 Å². The molecule has 1 heterocycles. The Kier molecular flexibility index (Phi) is 6.00. The lowest BCUT2D eigenvalue weighted by molar-refractivity contribution is 0.0985. The van der Waals surface area contributed by atoms with E-state index >= 15 is 0 Å². The van der Waals surface area contributed by atoms with Crippen LogP contribution in [0.5, 0.6) is 0 Å². The molecule has 0 aliphatic carbocycles. The highest BCUT2D eigenvalue weighted by Crippen LogP contribution is 2.38. The van der Waals surface area contributed by atoms with E-state index in [0.29, 0.717) is 21.8 Å². The van der Waals surface area contributed by atoms with Gasteiger partial charge in [0.1, 0.15) is 0 Å². The van der Waals surface area contributed by atoms with Crippen molar-refractivity contribution in [3.8, 4) is 0 Å². The lowest BCUT2D eigenvalue weighted by Gasteiger charge is -2.23. The Labute approximate surface area is 172 Å². The largest absolute Gasteiger partial charge is 0.307 e. The summed E-state index contributed by atoms with van der Waals surface area (Å²) in [5.41, 5.74) is 1.21. The topological polar surface area (TPSA) is 57.7 Å². The minimum atomic E-state index is -3.62. The molecule has 1 aliphatic rings. The highest BCUT2D eigenvalue weighted by atomic mass is 79.9. The van der Waals surface area contributed by atoms with Crippen LogP contribution in [0.3, 0.4) is 0 Å². The van der Waals surface area contributed by atoms with E-state index in [9.17, 15) is 13.2 Å². The van der Waals surface area contributed by atoms with Gasteiger partial charge in [-0.3, -0.25) is 4.79 Å². The average Bonchev–Trinajstić information content (AvgIpc) is 2.79. The van der Waals surface area contributed by atoms with Crippen molar-refractivity contribution in [1.82, 2.24) is 4.31 Å². The second-order valence-corrected chi connectivity index (χ2v) is 11.1. The molecule has 144 valence electrons. The zero-order chi connectivity index (χ0) is 19.8. The summed E-state index contributed by atoms with van der Waals surface area (Å²) in [7, 11) is -0.670. The number of halogens is 1. The number of benzene rings is 2. The van der Waals surface area contributed by atoms with Crippen molar-refractivity contribution in [3.05, 3.63) is 52.5 Å². The molecule has 3 rings (SSSR count). The first-order chi connectivity index (χ1) is 12.7. The van der Waals surface area contributed by atoms with E-state index in [1.165, 1.54) is 26.2 Å². The predicted molar refractivity (Wildman–Crippen MR) is 113 cm³/mol. The van der Waals surface area contributed by atoms with Gasteiger partial charge >= 0.3 is 0 Å². The first kappa shape index (κ1) is 20.4. The fraction of sp³-hybridized carbons (Fsp3) is 0.316. The first-order valence-electron chi connectivity index (χ1n) is 8.51. The molecule has 0 N–H and O–H groups in total. The van der Waals surface area contributed by atoms with Crippen molar-refractivity contribution in [1.29, 1.82) is 0 Å². The van der Waals surface area contributed by atoms with Crippen LogP contribution in [0.25, 0.3) is 0 Å². The maximum Gasteiger partial charge on any atom is 0.259 e. The number of sulfonamides is 1. The number of nitrogens with zero attached hydrogens (tertiary/aromatic N) is 2. The minimum absolute atomic E-state index is 0.102. The third-order valence-corrected chi connectivity index (χ3v) is 8.18. The average molecular weight is 469 g/mol. The van der Waals surface area contributed by atoms with Gasteiger partial charge in [-0.05, 0) is 52.7 Å². The molecular weight excluding hydrogens is 448 g/mol. The smallest absolute Gasteiger partial charge is 0.259 e. The van der Waals surface area contributed by atoms with Crippen LogP contribution < -0.4 is 4.90 Å². The molecule has 0 saturated heterocycles. The number of hydrogen-bond acceptors (Lipinski definition) is 4. The van der Waals surface area contributed by atoms with Crippen LogP contribution in [0, 0.1) is 0 Å². The van der Waals surface area contributed by atoms with Crippen molar-refractivity contribution < 1.29 is 13.2 Å². The number of carbonyl (C=O) groups is 1. The van der Waals surface area contributed by atoms with Crippen LogP contribution in [0.2, 0.25) is 0 Å². The number of para-hydroxylation sites is 1. The maximum atomic E-state index is 13.4. The molecule has 5 nitrogen and oxygen atoms in total. The molecule has 0 spiro atoms. The van der Waals surface area contributed by atoms with Crippen molar-refractivity contribution in [2.24, 2.45) is 0 Å². The van der Waals surface area contributed by atoms with Crippen LogP contribution in [0.15, 0.2) is 56.7 Å². The molecule has 2 aromatic carbocycles. The van der Waals surface area contributed by atoms with Gasteiger partial charge in [-0.2, -0.15) is 0 Å². The van der Waals surface area contributed by atoms with Gasteiger partial charge in [0.25, 0.3) is 5.91 Å². The quantitative estimate of drug-likeness (QED) is 0.675. The monoisotopic (exact) mass is 468 g/mol. The van der Waals surface area contributed by atoms with Crippen molar-refractivity contribution in [3.63, 3.8) is 0 Å². The Bertz CT molecular complexity index is 977. The van der Waals surface area contributed by atoms with Gasteiger partial charge in [-0.25, -0.2) is 12.7 Å². The molecule has 2 aromatic rings. The Morgan fingerprint density at radius 1 is 1.22 bits per heavy atom. The van der Waals surface area contributed by atoms with Gasteiger partial charge in [-0.1, -0.05) is 19.1 Å². The number of hydrogen-bond donors (Lipinski definition) is 0. The normalized spacial score (nSPS) is 17.5. The second-order valence-electron chi connectivity index (χ2n) is 6.57. The summed E-state index contributed by atoms with van der Waals surface area (Å²) < 4.78 is 26.7. The summed E-state index contributed by atoms with van der Waals surface area (Å²) in [5, 5.41) is 0.396. The Morgan fingerprint density at radius 2 is 1.93 bits per heavy atom. The number of fused-ring (bicyclic) bond motifs is 1. The van der Waals surface area contributed by atoms with E-state index in [1.54, 1.807) is 22.7 Å². The predicted octanol–water partition coefficient (Wildman–Crippen LogP) is 4.23. The molecule has 1 atom stereocenters. The van der Waals surface area contributed by atoms with Gasteiger partial charge in [0.2, 0.25) is 10.0 Å². The van der Waals surface area contributed by atoms with E-state index < -0.39 is 10.0 Å². The second kappa shape index (κ2) is 7.95. The SMILES string of the molecule is C[C@@H]1CCN(C(=O)c2cc(S(=O)(=O)N(C)C)ccc2Br)c2ccccc2S1. The highest BCUT2D eigenvalue weighted by Gasteiger charge is 2.27. The summed E-state index contributed by atoms with van der Waals surface area (Å²) in [6.07, 6.45) is 0.860. The zero-order valence-electron chi connectivity index (χ0n) is 15.3. The van der Waals surface area contributed by atoms with Crippen LogP contribution in [0.1, 0.15) is 23.7 Å². The summed E-state index contributed by atoms with van der Waals surface area (Å²) in [6, 6.07) is 12.4. The van der Waals surface area contributed by atoms with Crippen molar-refractivity contribution >= 4 is 49.3 Å². The number of rotatable bonds is 3. The minimum Gasteiger partial charge on any atom is -0.307 e. The van der Waals surface area contributed by atoms with Crippen LogP contribution in [0.4, 0.5) is 5.69 Å². The molecule has 0 saturated carbocycles. The van der Waals surface area contributed by atoms with E-state index in [2.05, 4.69) is 22.9 Å². The van der Waals surface area contributed by atoms with Gasteiger partial charge in [0, 0.05) is 35.3 Å². The van der Waals surface area contributed by atoms with Gasteiger partial charge in [0.15, 0.2) is 0 Å². The molecular formula is C19H21BrN2O3S2.